The Morgan fingerprint density at radius 1 is 1.03 bits per heavy atom. The van der Waals surface area contributed by atoms with Crippen LogP contribution in [0.2, 0.25) is 0 Å². The normalized spacial score (nSPS) is 19.6. The van der Waals surface area contributed by atoms with E-state index in [0.717, 1.165) is 11.3 Å². The Hall–Kier alpha value is -3.35. The zero-order chi connectivity index (χ0) is 26.9. The summed E-state index contributed by atoms with van der Waals surface area (Å²) in [5.41, 5.74) is 2.29. The maximum Gasteiger partial charge on any atom is 0.414 e. The number of likely N-dealkylation sites (tertiary alicyclic amines) is 1. The van der Waals surface area contributed by atoms with Crippen LogP contribution in [0.25, 0.3) is 0 Å². The Kier molecular flexibility index (Phi) is 7.46. The molecule has 2 fully saturated rings. The molecule has 0 spiro atoms. The first kappa shape index (κ1) is 26.3. The van der Waals surface area contributed by atoms with Crippen LogP contribution >= 0.6 is 0 Å². The van der Waals surface area contributed by atoms with Crippen molar-refractivity contribution in [3.05, 3.63) is 53.6 Å². The van der Waals surface area contributed by atoms with Crippen molar-refractivity contribution in [2.45, 2.75) is 44.4 Å². The fourth-order valence-corrected chi connectivity index (χ4v) is 6.06. The van der Waals surface area contributed by atoms with Crippen molar-refractivity contribution in [3.8, 4) is 11.5 Å². The molecule has 0 bridgehead atoms. The topological polar surface area (TPSA) is 132 Å². The van der Waals surface area contributed by atoms with Gasteiger partial charge in [0.25, 0.3) is 16.1 Å². The number of ether oxygens (including phenoxy) is 3. The third kappa shape index (κ3) is 5.42. The molecule has 0 aromatic heterocycles. The molecule has 0 radical (unpaired) electrons. The molecule has 204 valence electrons. The molecule has 12 heteroatoms. The Morgan fingerprint density at radius 2 is 1.74 bits per heavy atom. The summed E-state index contributed by atoms with van der Waals surface area (Å²) in [6, 6.07) is 12.8. The standard InChI is InChI=1S/C26H32N4O7S/c1-35-24-16-21(37-20-10-14-29(15-11-20)38(27,33)34)6-7-22(24)25(31)28-12-8-19(9-13-28)30-23-5-3-2-4-18(23)17-36-26(30)32/h2-7,16,19-20H,8-15,17H2,1H3,(H2,27,33,34). The molecule has 0 aliphatic carbocycles. The van der Waals surface area contributed by atoms with E-state index in [4.69, 9.17) is 19.3 Å². The number of fused-ring (bicyclic) bond motifs is 1. The second-order valence-electron chi connectivity index (χ2n) is 9.70. The number of carbonyl (C=O) groups excluding carboxylic acids is 2. The first-order valence-electron chi connectivity index (χ1n) is 12.7. The van der Waals surface area contributed by atoms with E-state index in [1.54, 1.807) is 28.0 Å². The number of hydrogen-bond donors (Lipinski definition) is 1. The van der Waals surface area contributed by atoms with Crippen LogP contribution in [0.5, 0.6) is 11.5 Å². The highest BCUT2D eigenvalue weighted by Gasteiger charge is 2.35. The van der Waals surface area contributed by atoms with E-state index in [1.165, 1.54) is 11.4 Å². The van der Waals surface area contributed by atoms with Gasteiger partial charge < -0.3 is 19.1 Å². The largest absolute Gasteiger partial charge is 0.496 e. The molecule has 2 N–H and O–H groups in total. The Balaban J connectivity index is 1.21. The molecule has 0 unspecified atom stereocenters. The van der Waals surface area contributed by atoms with Crippen LogP contribution in [-0.4, -0.2) is 75.1 Å². The van der Waals surface area contributed by atoms with Crippen LogP contribution in [0.1, 0.15) is 41.6 Å². The number of hydrogen-bond acceptors (Lipinski definition) is 7. The number of amides is 2. The van der Waals surface area contributed by atoms with E-state index < -0.39 is 10.2 Å². The molecular formula is C26H32N4O7S. The summed E-state index contributed by atoms with van der Waals surface area (Å²) in [5.74, 6) is 0.813. The van der Waals surface area contributed by atoms with Gasteiger partial charge in [0.15, 0.2) is 0 Å². The van der Waals surface area contributed by atoms with E-state index in [0.29, 0.717) is 68.9 Å². The number of anilines is 1. The number of rotatable bonds is 6. The first-order valence-corrected chi connectivity index (χ1v) is 14.2. The van der Waals surface area contributed by atoms with Gasteiger partial charge in [-0.2, -0.15) is 12.7 Å². The summed E-state index contributed by atoms with van der Waals surface area (Å²) in [4.78, 5) is 29.5. The lowest BCUT2D eigenvalue weighted by atomic mass is 10.00. The van der Waals surface area contributed by atoms with Gasteiger partial charge in [0.2, 0.25) is 0 Å². The molecule has 0 atom stereocenters. The fourth-order valence-electron chi connectivity index (χ4n) is 5.34. The third-order valence-electron chi connectivity index (χ3n) is 7.38. The van der Waals surface area contributed by atoms with Crippen LogP contribution in [0, 0.1) is 0 Å². The SMILES string of the molecule is COc1cc(OC2CCN(S(N)(=O)=O)CC2)ccc1C(=O)N1CCC(N2C(=O)OCc3ccccc32)CC1. The van der Waals surface area contributed by atoms with E-state index in [-0.39, 0.29) is 30.8 Å². The molecule has 3 aliphatic rings. The highest BCUT2D eigenvalue weighted by Crippen LogP contribution is 2.33. The molecule has 38 heavy (non-hydrogen) atoms. The van der Waals surface area contributed by atoms with Gasteiger partial charge in [0, 0.05) is 43.9 Å². The monoisotopic (exact) mass is 544 g/mol. The number of piperidine rings is 2. The fraction of sp³-hybridized carbons (Fsp3) is 0.462. The Bertz CT molecular complexity index is 1300. The molecule has 5 rings (SSSR count). The molecule has 2 amide bonds. The average Bonchev–Trinajstić information content (AvgIpc) is 2.92. The smallest absolute Gasteiger partial charge is 0.414 e. The van der Waals surface area contributed by atoms with Gasteiger partial charge in [0.1, 0.15) is 24.2 Å². The Labute approximate surface area is 222 Å². The quantitative estimate of drug-likeness (QED) is 0.591. The molecule has 0 saturated carbocycles. The zero-order valence-electron chi connectivity index (χ0n) is 21.2. The second kappa shape index (κ2) is 10.8. The highest BCUT2D eigenvalue weighted by molar-refractivity contribution is 7.86. The zero-order valence-corrected chi connectivity index (χ0v) is 22.1. The lowest BCUT2D eigenvalue weighted by molar-refractivity contribution is 0.0705. The minimum Gasteiger partial charge on any atom is -0.496 e. The maximum atomic E-state index is 13.4. The molecule has 2 aromatic rings. The van der Waals surface area contributed by atoms with Gasteiger partial charge in [-0.1, -0.05) is 18.2 Å². The summed E-state index contributed by atoms with van der Waals surface area (Å²) < 4.78 is 41.2. The lowest BCUT2D eigenvalue weighted by Crippen LogP contribution is -2.50. The van der Waals surface area contributed by atoms with E-state index >= 15 is 0 Å². The summed E-state index contributed by atoms with van der Waals surface area (Å²) in [7, 11) is -2.19. The molecule has 2 saturated heterocycles. The van der Waals surface area contributed by atoms with Crippen LogP contribution < -0.4 is 19.5 Å². The lowest BCUT2D eigenvalue weighted by Gasteiger charge is -2.40. The van der Waals surface area contributed by atoms with Gasteiger partial charge in [-0.05, 0) is 43.9 Å². The van der Waals surface area contributed by atoms with Crippen molar-refractivity contribution in [2.24, 2.45) is 5.14 Å². The van der Waals surface area contributed by atoms with Gasteiger partial charge in [-0.15, -0.1) is 0 Å². The van der Waals surface area contributed by atoms with Gasteiger partial charge in [-0.25, -0.2) is 9.93 Å². The van der Waals surface area contributed by atoms with Gasteiger partial charge in [-0.3, -0.25) is 9.69 Å². The number of nitrogens with two attached hydrogens (primary N) is 1. The summed E-state index contributed by atoms with van der Waals surface area (Å²) in [6.07, 6.45) is 1.80. The van der Waals surface area contributed by atoms with Crippen LogP contribution in [0.15, 0.2) is 42.5 Å². The van der Waals surface area contributed by atoms with Crippen molar-refractivity contribution < 1.29 is 32.2 Å². The van der Waals surface area contributed by atoms with Gasteiger partial charge in [0.05, 0.1) is 18.4 Å². The van der Waals surface area contributed by atoms with Crippen LogP contribution in [-0.2, 0) is 21.6 Å². The van der Waals surface area contributed by atoms with Crippen molar-refractivity contribution in [1.29, 1.82) is 0 Å². The number of cyclic esters (lactones) is 1. The van der Waals surface area contributed by atoms with Crippen molar-refractivity contribution in [1.82, 2.24) is 9.21 Å². The van der Waals surface area contributed by atoms with Crippen molar-refractivity contribution in [3.63, 3.8) is 0 Å². The van der Waals surface area contributed by atoms with E-state index in [2.05, 4.69) is 0 Å². The van der Waals surface area contributed by atoms with Crippen molar-refractivity contribution in [2.75, 3.05) is 38.2 Å². The molecule has 3 heterocycles. The highest BCUT2D eigenvalue weighted by atomic mass is 32.2. The molecule has 11 nitrogen and oxygen atoms in total. The third-order valence-corrected chi connectivity index (χ3v) is 8.47. The van der Waals surface area contributed by atoms with Gasteiger partial charge >= 0.3 is 6.09 Å². The number of nitrogens with zero attached hydrogens (tertiary/aromatic N) is 3. The van der Waals surface area contributed by atoms with Crippen LogP contribution in [0.3, 0.4) is 0 Å². The number of para-hydroxylation sites is 1. The minimum atomic E-state index is -3.69. The van der Waals surface area contributed by atoms with E-state index in [1.807, 2.05) is 24.3 Å². The number of carbonyl (C=O) groups is 2. The number of benzene rings is 2. The van der Waals surface area contributed by atoms with E-state index in [9.17, 15) is 18.0 Å². The summed E-state index contributed by atoms with van der Waals surface area (Å²) >= 11 is 0. The second-order valence-corrected chi connectivity index (χ2v) is 11.2. The predicted octanol–water partition coefficient (Wildman–Crippen LogP) is 2.50. The average molecular weight is 545 g/mol. The van der Waals surface area contributed by atoms with Crippen LogP contribution in [0.4, 0.5) is 10.5 Å². The Morgan fingerprint density at radius 3 is 2.42 bits per heavy atom. The molecule has 3 aliphatic heterocycles. The minimum absolute atomic E-state index is 0.0497. The molecule has 2 aromatic carbocycles. The van der Waals surface area contributed by atoms with Crippen molar-refractivity contribution >= 4 is 27.9 Å². The predicted molar refractivity (Wildman–Crippen MR) is 139 cm³/mol. The first-order chi connectivity index (χ1) is 18.2. The number of methoxy groups -OCH3 is 1. The summed E-state index contributed by atoms with van der Waals surface area (Å²) in [5, 5.41) is 5.21. The molecular weight excluding hydrogens is 512 g/mol. The summed E-state index contributed by atoms with van der Waals surface area (Å²) in [6.45, 7) is 1.87. The maximum absolute atomic E-state index is 13.4.